The van der Waals surface area contributed by atoms with Crippen LogP contribution in [0.2, 0.25) is 0 Å². The number of alkyl halides is 6. The predicted molar refractivity (Wildman–Crippen MR) is 130 cm³/mol. The van der Waals surface area contributed by atoms with E-state index in [2.05, 4.69) is 10.6 Å². The molecule has 0 radical (unpaired) electrons. The SMILES string of the molecule is O=C(Cc1cccc(CC(=O)Nc2cccc(S(=O)(=O)C(F)(F)F)c2)c1)Nc1cccc(S(=O)(=O)C(F)(F)F)c1. The van der Waals surface area contributed by atoms with Crippen LogP contribution in [0.15, 0.2) is 82.6 Å². The highest BCUT2D eigenvalue weighted by atomic mass is 32.2. The first-order valence-electron chi connectivity index (χ1n) is 10.9. The Labute approximate surface area is 223 Å². The Balaban J connectivity index is 1.66. The van der Waals surface area contributed by atoms with Gasteiger partial charge >= 0.3 is 11.0 Å². The predicted octanol–water partition coefficient (Wildman–Crippen LogP) is 4.64. The van der Waals surface area contributed by atoms with Gasteiger partial charge in [0.2, 0.25) is 11.8 Å². The Morgan fingerprint density at radius 1 is 0.575 bits per heavy atom. The Kier molecular flexibility index (Phi) is 8.64. The highest BCUT2D eigenvalue weighted by Crippen LogP contribution is 2.32. The molecule has 0 aromatic heterocycles. The third kappa shape index (κ3) is 7.18. The van der Waals surface area contributed by atoms with Gasteiger partial charge in [0.1, 0.15) is 0 Å². The lowest BCUT2D eigenvalue weighted by atomic mass is 10.1. The van der Waals surface area contributed by atoms with E-state index >= 15 is 0 Å². The molecule has 0 fully saturated rings. The van der Waals surface area contributed by atoms with Crippen molar-refractivity contribution in [1.82, 2.24) is 0 Å². The molecule has 0 aliphatic carbocycles. The fourth-order valence-corrected chi connectivity index (χ4v) is 4.99. The van der Waals surface area contributed by atoms with Gasteiger partial charge in [0.15, 0.2) is 0 Å². The molecule has 8 nitrogen and oxygen atoms in total. The van der Waals surface area contributed by atoms with Crippen LogP contribution >= 0.6 is 0 Å². The minimum absolute atomic E-state index is 0.194. The minimum atomic E-state index is -5.62. The van der Waals surface area contributed by atoms with Crippen LogP contribution in [0, 0.1) is 0 Å². The lowest BCUT2D eigenvalue weighted by Gasteiger charge is -2.11. The fourth-order valence-electron chi connectivity index (χ4n) is 3.38. The summed E-state index contributed by atoms with van der Waals surface area (Å²) in [5.74, 6) is -1.41. The molecule has 40 heavy (non-hydrogen) atoms. The van der Waals surface area contributed by atoms with E-state index < -0.39 is 52.3 Å². The van der Waals surface area contributed by atoms with Crippen molar-refractivity contribution < 1.29 is 52.8 Å². The molecule has 2 amide bonds. The third-order valence-electron chi connectivity index (χ3n) is 5.19. The number of hydrogen-bond acceptors (Lipinski definition) is 6. The smallest absolute Gasteiger partial charge is 0.326 e. The number of rotatable bonds is 8. The normalized spacial score (nSPS) is 12.6. The van der Waals surface area contributed by atoms with Crippen molar-refractivity contribution in [2.45, 2.75) is 33.6 Å². The molecule has 0 saturated carbocycles. The average Bonchev–Trinajstić information content (AvgIpc) is 2.83. The molecule has 0 saturated heterocycles. The van der Waals surface area contributed by atoms with E-state index in [0.717, 1.165) is 24.3 Å². The number of carbonyl (C=O) groups excluding carboxylic acids is 2. The lowest BCUT2D eigenvalue weighted by Crippen LogP contribution is -2.23. The number of amides is 2. The maximum atomic E-state index is 12.8. The van der Waals surface area contributed by atoms with E-state index in [0.29, 0.717) is 23.3 Å². The van der Waals surface area contributed by atoms with Crippen LogP contribution in [0.5, 0.6) is 0 Å². The van der Waals surface area contributed by atoms with Crippen molar-refractivity contribution in [3.05, 3.63) is 83.9 Å². The van der Waals surface area contributed by atoms with Crippen molar-refractivity contribution in [3.63, 3.8) is 0 Å². The zero-order valence-corrected chi connectivity index (χ0v) is 21.5. The number of hydrogen-bond donors (Lipinski definition) is 2. The van der Waals surface area contributed by atoms with Crippen molar-refractivity contribution in [1.29, 1.82) is 0 Å². The summed E-state index contributed by atoms with van der Waals surface area (Å²) in [7, 11) is -11.2. The molecule has 0 bridgehead atoms. The molecule has 3 rings (SSSR count). The van der Waals surface area contributed by atoms with E-state index in [9.17, 15) is 52.8 Å². The van der Waals surface area contributed by atoms with Gasteiger partial charge in [0.25, 0.3) is 19.7 Å². The van der Waals surface area contributed by atoms with Gasteiger partial charge in [0, 0.05) is 11.4 Å². The largest absolute Gasteiger partial charge is 0.501 e. The second-order valence-corrected chi connectivity index (χ2v) is 12.1. The Morgan fingerprint density at radius 2 is 0.925 bits per heavy atom. The monoisotopic (exact) mass is 608 g/mol. The van der Waals surface area contributed by atoms with Crippen LogP contribution in [0.1, 0.15) is 11.1 Å². The van der Waals surface area contributed by atoms with Crippen molar-refractivity contribution >= 4 is 42.9 Å². The minimum Gasteiger partial charge on any atom is -0.326 e. The summed E-state index contributed by atoms with van der Waals surface area (Å²) in [6.45, 7) is 0. The number of anilines is 2. The standard InChI is InChI=1S/C24H18F6N2O6S2/c25-23(26,27)39(35,36)19-8-2-6-17(13-19)31-21(33)11-15-4-1-5-16(10-15)12-22(34)32-18-7-3-9-20(14-18)40(37,38)24(28,29)30/h1-10,13-14H,11-12H2,(H,31,33)(H,32,34). The highest BCUT2D eigenvalue weighted by molar-refractivity contribution is 7.92. The molecule has 0 aliphatic heterocycles. The van der Waals surface area contributed by atoms with Crippen LogP contribution in [0.25, 0.3) is 0 Å². The Morgan fingerprint density at radius 3 is 1.27 bits per heavy atom. The van der Waals surface area contributed by atoms with Gasteiger partial charge < -0.3 is 10.6 Å². The van der Waals surface area contributed by atoms with Crippen LogP contribution in [-0.4, -0.2) is 39.7 Å². The second kappa shape index (κ2) is 11.3. The topological polar surface area (TPSA) is 126 Å². The Hall–Kier alpha value is -3.92. The summed E-state index contributed by atoms with van der Waals surface area (Å²) in [4.78, 5) is 22.7. The Bertz CT molecular complexity index is 1530. The van der Waals surface area contributed by atoms with Crippen molar-refractivity contribution in [2.75, 3.05) is 10.6 Å². The molecule has 214 valence electrons. The van der Waals surface area contributed by atoms with Crippen LogP contribution in [-0.2, 0) is 42.1 Å². The fraction of sp³-hybridized carbons (Fsp3) is 0.167. The zero-order chi connectivity index (χ0) is 29.9. The summed E-state index contributed by atoms with van der Waals surface area (Å²) in [6, 6.07) is 13.2. The molecule has 0 spiro atoms. The highest BCUT2D eigenvalue weighted by Gasteiger charge is 2.47. The summed E-state index contributed by atoms with van der Waals surface area (Å²) in [5.41, 5.74) is -10.7. The van der Waals surface area contributed by atoms with Gasteiger partial charge in [-0.1, -0.05) is 36.4 Å². The first-order valence-corrected chi connectivity index (χ1v) is 13.9. The van der Waals surface area contributed by atoms with E-state index in [1.807, 2.05) is 0 Å². The van der Waals surface area contributed by atoms with Gasteiger partial charge in [-0.05, 0) is 47.5 Å². The maximum absolute atomic E-state index is 12.8. The summed E-state index contributed by atoms with van der Waals surface area (Å²) in [5, 5.41) is 4.59. The third-order valence-corrected chi connectivity index (χ3v) is 8.15. The first-order chi connectivity index (χ1) is 18.4. The van der Waals surface area contributed by atoms with E-state index in [1.54, 1.807) is 0 Å². The number of sulfone groups is 2. The van der Waals surface area contributed by atoms with E-state index in [-0.39, 0.29) is 24.2 Å². The molecule has 0 heterocycles. The van der Waals surface area contributed by atoms with Gasteiger partial charge in [-0.15, -0.1) is 0 Å². The van der Waals surface area contributed by atoms with Crippen LogP contribution < -0.4 is 10.6 Å². The molecule has 2 N–H and O–H groups in total. The summed E-state index contributed by atoms with van der Waals surface area (Å²) < 4.78 is 123. The van der Waals surface area contributed by atoms with Gasteiger partial charge in [0.05, 0.1) is 22.6 Å². The quantitative estimate of drug-likeness (QED) is 0.359. The van der Waals surface area contributed by atoms with Gasteiger partial charge in [-0.2, -0.15) is 26.3 Å². The molecular formula is C24H18F6N2O6S2. The summed E-state index contributed by atoms with van der Waals surface area (Å²) in [6.07, 6.45) is -0.605. The first kappa shape index (κ1) is 30.6. The molecule has 0 atom stereocenters. The van der Waals surface area contributed by atoms with Crippen LogP contribution in [0.3, 0.4) is 0 Å². The molecule has 16 heteroatoms. The second-order valence-electron chi connectivity index (χ2n) is 8.22. The number of carbonyl (C=O) groups is 2. The summed E-state index contributed by atoms with van der Waals surface area (Å²) >= 11 is 0. The van der Waals surface area contributed by atoms with Crippen molar-refractivity contribution in [2.24, 2.45) is 0 Å². The molecule has 3 aromatic carbocycles. The maximum Gasteiger partial charge on any atom is 0.501 e. The lowest BCUT2D eigenvalue weighted by molar-refractivity contribution is -0.116. The van der Waals surface area contributed by atoms with Gasteiger partial charge in [-0.25, -0.2) is 16.8 Å². The zero-order valence-electron chi connectivity index (χ0n) is 19.9. The number of halogens is 6. The van der Waals surface area contributed by atoms with Gasteiger partial charge in [-0.3, -0.25) is 9.59 Å². The average molecular weight is 609 g/mol. The number of benzene rings is 3. The van der Waals surface area contributed by atoms with E-state index in [4.69, 9.17) is 0 Å². The molecule has 3 aromatic rings. The molecule has 0 unspecified atom stereocenters. The molecule has 0 aliphatic rings. The van der Waals surface area contributed by atoms with E-state index in [1.165, 1.54) is 36.4 Å². The molecular weight excluding hydrogens is 590 g/mol. The van der Waals surface area contributed by atoms with Crippen molar-refractivity contribution in [3.8, 4) is 0 Å². The number of nitrogens with one attached hydrogen (secondary N) is 2. The van der Waals surface area contributed by atoms with Crippen LogP contribution in [0.4, 0.5) is 37.7 Å².